The number of carbonyl (C=O) groups is 1. The number of nitrogen functional groups attached to an aromatic ring is 1. The van der Waals surface area contributed by atoms with Gasteiger partial charge in [-0.15, -0.1) is 0 Å². The fourth-order valence-corrected chi connectivity index (χ4v) is 6.16. The van der Waals surface area contributed by atoms with Crippen LogP contribution in [0.3, 0.4) is 0 Å². The molecule has 0 spiro atoms. The van der Waals surface area contributed by atoms with E-state index < -0.39 is 15.9 Å². The number of carbonyl (C=O) groups excluding carboxylic acids is 1. The van der Waals surface area contributed by atoms with Crippen molar-refractivity contribution < 1.29 is 19.4 Å². The number of aryl methyl sites for hydroxylation is 3. The standard InChI is InChI=1S/C27H28N4O4S.H2/c1-15-11-16(2)25(17(3)12-15)35-27-20(9-10-22(29-27)21-14-18-7-8-19(21)13-18)26(32)31-36(33,34)24-6-4-5-23(28)30-24;/h4-6,9-12,14,18-19H,7-8,13H2,1-3H3,(H2,28,30)(H,31,32);1H. The van der Waals surface area contributed by atoms with Gasteiger partial charge in [-0.25, -0.2) is 14.7 Å². The van der Waals surface area contributed by atoms with Crippen molar-refractivity contribution in [3.8, 4) is 11.6 Å². The number of rotatable bonds is 6. The summed E-state index contributed by atoms with van der Waals surface area (Å²) in [6.07, 6.45) is 5.70. The van der Waals surface area contributed by atoms with Crippen molar-refractivity contribution in [2.24, 2.45) is 11.8 Å². The minimum atomic E-state index is -4.26. The molecular formula is C27H30N4O4S. The molecule has 5 rings (SSSR count). The van der Waals surface area contributed by atoms with Gasteiger partial charge in [-0.05, 0) is 92.8 Å². The Hall–Kier alpha value is -3.72. The van der Waals surface area contributed by atoms with Crippen molar-refractivity contribution in [3.63, 3.8) is 0 Å². The van der Waals surface area contributed by atoms with E-state index in [1.54, 1.807) is 12.1 Å². The number of hydrogen-bond acceptors (Lipinski definition) is 7. The smallest absolute Gasteiger partial charge is 0.281 e. The van der Waals surface area contributed by atoms with E-state index in [0.717, 1.165) is 40.8 Å². The van der Waals surface area contributed by atoms with E-state index in [1.165, 1.54) is 24.6 Å². The lowest BCUT2D eigenvalue weighted by Crippen LogP contribution is -2.31. The first-order valence-electron chi connectivity index (χ1n) is 11.9. The topological polar surface area (TPSA) is 124 Å². The Bertz CT molecular complexity index is 1500. The lowest BCUT2D eigenvalue weighted by Gasteiger charge is -2.18. The quantitative estimate of drug-likeness (QED) is 0.484. The fourth-order valence-electron chi connectivity index (χ4n) is 5.22. The van der Waals surface area contributed by atoms with E-state index in [0.29, 0.717) is 17.6 Å². The van der Waals surface area contributed by atoms with Crippen molar-refractivity contribution in [3.05, 3.63) is 76.5 Å². The predicted molar refractivity (Wildman–Crippen MR) is 139 cm³/mol. The Morgan fingerprint density at radius 3 is 2.47 bits per heavy atom. The Kier molecular flexibility index (Phi) is 6.04. The molecule has 3 aromatic rings. The second kappa shape index (κ2) is 9.05. The van der Waals surface area contributed by atoms with E-state index in [4.69, 9.17) is 15.5 Å². The van der Waals surface area contributed by atoms with Gasteiger partial charge in [0.05, 0.1) is 5.69 Å². The summed E-state index contributed by atoms with van der Waals surface area (Å²) in [7, 11) is -4.26. The summed E-state index contributed by atoms with van der Waals surface area (Å²) in [6, 6.07) is 11.5. The third-order valence-electron chi connectivity index (χ3n) is 6.78. The summed E-state index contributed by atoms with van der Waals surface area (Å²) in [5, 5.41) is -0.347. The monoisotopic (exact) mass is 506 g/mol. The van der Waals surface area contributed by atoms with E-state index in [9.17, 15) is 13.2 Å². The van der Waals surface area contributed by atoms with Crippen LogP contribution in [-0.4, -0.2) is 24.3 Å². The molecule has 2 aromatic heterocycles. The highest BCUT2D eigenvalue weighted by Crippen LogP contribution is 2.47. The van der Waals surface area contributed by atoms with Crippen LogP contribution in [0.4, 0.5) is 5.82 Å². The van der Waals surface area contributed by atoms with E-state index in [2.05, 4.69) is 15.8 Å². The molecule has 8 nitrogen and oxygen atoms in total. The van der Waals surface area contributed by atoms with Crippen LogP contribution in [0, 0.1) is 32.6 Å². The Morgan fingerprint density at radius 1 is 1.08 bits per heavy atom. The molecule has 2 bridgehead atoms. The molecular weight excluding hydrogens is 476 g/mol. The molecule has 2 aliphatic rings. The molecule has 2 heterocycles. The molecule has 9 heteroatoms. The number of pyridine rings is 2. The lowest BCUT2D eigenvalue weighted by molar-refractivity contribution is 0.0978. The highest BCUT2D eigenvalue weighted by atomic mass is 32.2. The van der Waals surface area contributed by atoms with Gasteiger partial charge < -0.3 is 10.5 Å². The summed E-state index contributed by atoms with van der Waals surface area (Å²) in [6.45, 7) is 5.85. The molecule has 2 unspecified atom stereocenters. The zero-order chi connectivity index (χ0) is 25.6. The second-order valence-electron chi connectivity index (χ2n) is 9.61. The van der Waals surface area contributed by atoms with Gasteiger partial charge >= 0.3 is 0 Å². The van der Waals surface area contributed by atoms with Crippen molar-refractivity contribution in [2.75, 3.05) is 5.73 Å². The molecule has 1 aromatic carbocycles. The predicted octanol–water partition coefficient (Wildman–Crippen LogP) is 4.95. The zero-order valence-electron chi connectivity index (χ0n) is 20.4. The molecule has 2 atom stereocenters. The maximum Gasteiger partial charge on any atom is 0.281 e. The number of nitrogens with zero attached hydrogens (tertiary/aromatic N) is 2. The third kappa shape index (κ3) is 4.58. The maximum atomic E-state index is 13.2. The molecule has 188 valence electrons. The minimum absolute atomic E-state index is 0. The largest absolute Gasteiger partial charge is 0.438 e. The number of amides is 1. The number of ether oxygens (including phenoxy) is 1. The molecule has 0 aliphatic heterocycles. The number of fused-ring (bicyclic) bond motifs is 2. The van der Waals surface area contributed by atoms with Gasteiger partial charge in [-0.3, -0.25) is 4.79 Å². The number of benzene rings is 1. The Labute approximate surface area is 212 Å². The van der Waals surface area contributed by atoms with Gasteiger partial charge in [0, 0.05) is 1.43 Å². The van der Waals surface area contributed by atoms with E-state index in [1.807, 2.05) is 32.9 Å². The van der Waals surface area contributed by atoms with E-state index >= 15 is 0 Å². The average Bonchev–Trinajstić information content (AvgIpc) is 3.45. The van der Waals surface area contributed by atoms with Gasteiger partial charge in [0.25, 0.3) is 15.9 Å². The summed E-state index contributed by atoms with van der Waals surface area (Å²) < 4.78 is 34.0. The summed E-state index contributed by atoms with van der Waals surface area (Å²) in [5.41, 5.74) is 10.4. The molecule has 0 saturated heterocycles. The van der Waals surface area contributed by atoms with E-state index in [-0.39, 0.29) is 23.7 Å². The first-order valence-corrected chi connectivity index (χ1v) is 13.4. The Morgan fingerprint density at radius 2 is 1.83 bits per heavy atom. The van der Waals surface area contributed by atoms with Crippen LogP contribution in [0.15, 0.2) is 53.6 Å². The average molecular weight is 507 g/mol. The van der Waals surface area contributed by atoms with Crippen LogP contribution in [0.5, 0.6) is 11.6 Å². The van der Waals surface area contributed by atoms with Gasteiger partial charge in [0.1, 0.15) is 17.1 Å². The van der Waals surface area contributed by atoms with Crippen LogP contribution < -0.4 is 15.2 Å². The molecule has 3 N–H and O–H groups in total. The van der Waals surface area contributed by atoms with Crippen molar-refractivity contribution in [1.82, 2.24) is 14.7 Å². The van der Waals surface area contributed by atoms with Gasteiger partial charge in [-0.2, -0.15) is 8.42 Å². The molecule has 1 saturated carbocycles. The van der Waals surface area contributed by atoms with Gasteiger partial charge in [0.2, 0.25) is 5.88 Å². The number of nitrogens with two attached hydrogens (primary N) is 1. The second-order valence-corrected chi connectivity index (χ2v) is 11.2. The van der Waals surface area contributed by atoms with Crippen LogP contribution in [0.2, 0.25) is 0 Å². The van der Waals surface area contributed by atoms with Gasteiger partial charge in [0.15, 0.2) is 5.03 Å². The number of sulfonamides is 1. The van der Waals surface area contributed by atoms with Crippen LogP contribution in [0.1, 0.15) is 53.4 Å². The number of aromatic nitrogens is 2. The fraction of sp³-hybridized carbons (Fsp3) is 0.296. The molecule has 1 amide bonds. The van der Waals surface area contributed by atoms with Crippen molar-refractivity contribution in [1.29, 1.82) is 0 Å². The minimum Gasteiger partial charge on any atom is -0.438 e. The summed E-state index contributed by atoms with van der Waals surface area (Å²) in [5.74, 6) is 0.827. The third-order valence-corrected chi connectivity index (χ3v) is 8.01. The number of anilines is 1. The Balaban J connectivity index is 0.00000320. The van der Waals surface area contributed by atoms with Crippen LogP contribution in [-0.2, 0) is 10.0 Å². The molecule has 36 heavy (non-hydrogen) atoms. The summed E-state index contributed by atoms with van der Waals surface area (Å²) >= 11 is 0. The normalized spacial score (nSPS) is 18.7. The molecule has 0 radical (unpaired) electrons. The van der Waals surface area contributed by atoms with Gasteiger partial charge in [-0.1, -0.05) is 29.8 Å². The van der Waals surface area contributed by atoms with Crippen molar-refractivity contribution in [2.45, 2.75) is 45.1 Å². The first-order chi connectivity index (χ1) is 17.1. The molecule has 2 aliphatic carbocycles. The highest BCUT2D eigenvalue weighted by molar-refractivity contribution is 7.90. The highest BCUT2D eigenvalue weighted by Gasteiger charge is 2.34. The van der Waals surface area contributed by atoms with Crippen LogP contribution in [0.25, 0.3) is 5.57 Å². The van der Waals surface area contributed by atoms with Crippen LogP contribution >= 0.6 is 0 Å². The summed E-state index contributed by atoms with van der Waals surface area (Å²) in [4.78, 5) is 21.8. The maximum absolute atomic E-state index is 13.2. The lowest BCUT2D eigenvalue weighted by atomic mass is 9.95. The number of hydrogen-bond donors (Lipinski definition) is 2. The zero-order valence-corrected chi connectivity index (χ0v) is 21.2. The molecule has 1 fully saturated rings. The SMILES string of the molecule is Cc1cc(C)c(Oc2nc(C3=CC4CCC3C4)ccc2C(=O)NS(=O)(=O)c2cccc(N)n2)c(C)c1.[HH]. The number of allylic oxidation sites excluding steroid dienone is 2. The first kappa shape index (κ1) is 24.0. The number of nitrogens with one attached hydrogen (secondary N) is 1. The van der Waals surface area contributed by atoms with Crippen molar-refractivity contribution >= 4 is 27.3 Å².